The highest BCUT2D eigenvalue weighted by Gasteiger charge is 2.22. The van der Waals surface area contributed by atoms with Gasteiger partial charge in [0, 0.05) is 19.0 Å². The molecule has 1 atom stereocenters. The summed E-state index contributed by atoms with van der Waals surface area (Å²) in [5, 5.41) is 0. The molecule has 0 aromatic carbocycles. The molecule has 6 heteroatoms. The van der Waals surface area contributed by atoms with E-state index in [9.17, 15) is 9.59 Å². The number of nitrogens with two attached hydrogens (primary N) is 2. The number of carbonyl (C=O) groups excluding carboxylic acids is 2. The molecule has 5 nitrogen and oxygen atoms in total. The molecule has 4 N–H and O–H groups in total. The van der Waals surface area contributed by atoms with Crippen molar-refractivity contribution >= 4 is 24.2 Å². The lowest BCUT2D eigenvalue weighted by Gasteiger charge is -2.28. The zero-order valence-corrected chi connectivity index (χ0v) is 13.2. The number of amides is 2. The molecule has 0 aromatic heterocycles. The highest BCUT2D eigenvalue weighted by molar-refractivity contribution is 5.85. The normalized spacial score (nSPS) is 17.1. The maximum Gasteiger partial charge on any atom is 0.237 e. The Labute approximate surface area is 127 Å². The summed E-state index contributed by atoms with van der Waals surface area (Å²) < 4.78 is 0. The minimum absolute atomic E-state index is 0. The first-order valence-corrected chi connectivity index (χ1v) is 7.31. The molecule has 1 unspecified atom stereocenters. The van der Waals surface area contributed by atoms with Crippen LogP contribution in [0, 0.1) is 11.8 Å². The highest BCUT2D eigenvalue weighted by atomic mass is 35.5. The average molecular weight is 306 g/mol. The van der Waals surface area contributed by atoms with E-state index in [1.54, 1.807) is 11.8 Å². The van der Waals surface area contributed by atoms with Crippen molar-refractivity contribution in [1.29, 1.82) is 0 Å². The first-order valence-electron chi connectivity index (χ1n) is 7.31. The molecule has 2 amide bonds. The quantitative estimate of drug-likeness (QED) is 0.742. The van der Waals surface area contributed by atoms with Crippen LogP contribution >= 0.6 is 12.4 Å². The van der Waals surface area contributed by atoms with Gasteiger partial charge in [0.15, 0.2) is 0 Å². The molecule has 0 bridgehead atoms. The number of halogens is 1. The van der Waals surface area contributed by atoms with Crippen LogP contribution in [0.1, 0.15) is 45.4 Å². The minimum Gasteiger partial charge on any atom is -0.368 e. The van der Waals surface area contributed by atoms with Crippen LogP contribution in [0.5, 0.6) is 0 Å². The van der Waals surface area contributed by atoms with E-state index in [2.05, 4.69) is 0 Å². The summed E-state index contributed by atoms with van der Waals surface area (Å²) in [4.78, 5) is 24.8. The van der Waals surface area contributed by atoms with Gasteiger partial charge in [-0.15, -0.1) is 12.4 Å². The predicted octanol–water partition coefficient (Wildman–Crippen LogP) is 1.29. The monoisotopic (exact) mass is 305 g/mol. The summed E-state index contributed by atoms with van der Waals surface area (Å²) in [7, 11) is 0. The molecule has 0 spiro atoms. The van der Waals surface area contributed by atoms with Crippen molar-refractivity contribution in [3.63, 3.8) is 0 Å². The highest BCUT2D eigenvalue weighted by Crippen LogP contribution is 2.26. The van der Waals surface area contributed by atoms with E-state index in [4.69, 9.17) is 11.5 Å². The van der Waals surface area contributed by atoms with Crippen molar-refractivity contribution in [2.24, 2.45) is 23.3 Å². The van der Waals surface area contributed by atoms with Gasteiger partial charge in [0.2, 0.25) is 11.8 Å². The van der Waals surface area contributed by atoms with Crippen molar-refractivity contribution in [3.8, 4) is 0 Å². The van der Waals surface area contributed by atoms with Crippen LogP contribution in [0.3, 0.4) is 0 Å². The van der Waals surface area contributed by atoms with E-state index in [0.717, 1.165) is 6.42 Å². The summed E-state index contributed by atoms with van der Waals surface area (Å²) in [5.41, 5.74) is 10.7. The first kappa shape index (κ1) is 19.2. The van der Waals surface area contributed by atoms with E-state index in [1.165, 1.54) is 32.1 Å². The second kappa shape index (κ2) is 10.00. The third kappa shape index (κ3) is 6.57. The van der Waals surface area contributed by atoms with Gasteiger partial charge in [-0.1, -0.05) is 39.0 Å². The number of nitrogens with zero attached hydrogens (tertiary/aromatic N) is 1. The van der Waals surface area contributed by atoms with Gasteiger partial charge < -0.3 is 16.4 Å². The van der Waals surface area contributed by atoms with Crippen LogP contribution < -0.4 is 11.5 Å². The number of primary amides is 1. The Morgan fingerprint density at radius 1 is 1.25 bits per heavy atom. The maximum atomic E-state index is 12.1. The van der Waals surface area contributed by atoms with Crippen LogP contribution in [0.15, 0.2) is 0 Å². The summed E-state index contributed by atoms with van der Waals surface area (Å²) >= 11 is 0. The third-order valence-electron chi connectivity index (χ3n) is 3.97. The largest absolute Gasteiger partial charge is 0.368 e. The molecule has 1 aliphatic carbocycles. The molecule has 0 radical (unpaired) electrons. The van der Waals surface area contributed by atoms with E-state index in [-0.39, 0.29) is 30.8 Å². The average Bonchev–Trinajstić information content (AvgIpc) is 2.42. The fourth-order valence-corrected chi connectivity index (χ4v) is 2.68. The van der Waals surface area contributed by atoms with E-state index < -0.39 is 5.91 Å². The topological polar surface area (TPSA) is 89.4 Å². The van der Waals surface area contributed by atoms with Crippen LogP contribution in [-0.2, 0) is 9.59 Å². The first-order chi connectivity index (χ1) is 9.04. The van der Waals surface area contributed by atoms with Crippen molar-refractivity contribution < 1.29 is 9.59 Å². The fraction of sp³-hybridized carbons (Fsp3) is 0.857. The Balaban J connectivity index is 0.00000361. The smallest absolute Gasteiger partial charge is 0.237 e. The van der Waals surface area contributed by atoms with Crippen molar-refractivity contribution in [1.82, 2.24) is 4.90 Å². The number of hydrogen-bond donors (Lipinski definition) is 2. The molecular formula is C14H28ClN3O2. The van der Waals surface area contributed by atoms with E-state index in [0.29, 0.717) is 19.0 Å². The third-order valence-corrected chi connectivity index (χ3v) is 3.97. The second-order valence-electron chi connectivity index (χ2n) is 5.66. The van der Waals surface area contributed by atoms with E-state index >= 15 is 0 Å². The minimum atomic E-state index is -0.457. The van der Waals surface area contributed by atoms with Gasteiger partial charge in [-0.2, -0.15) is 0 Å². The van der Waals surface area contributed by atoms with Crippen molar-refractivity contribution in [2.45, 2.75) is 45.4 Å². The van der Waals surface area contributed by atoms with Gasteiger partial charge in [0.1, 0.15) is 0 Å². The Morgan fingerprint density at radius 3 is 2.35 bits per heavy atom. The van der Waals surface area contributed by atoms with E-state index in [1.807, 2.05) is 0 Å². The zero-order chi connectivity index (χ0) is 14.3. The molecule has 0 aromatic rings. The lowest BCUT2D eigenvalue weighted by Crippen LogP contribution is -2.43. The van der Waals surface area contributed by atoms with Crippen molar-refractivity contribution in [2.75, 3.05) is 19.6 Å². The predicted molar refractivity (Wildman–Crippen MR) is 82.4 cm³/mol. The molecular weight excluding hydrogens is 278 g/mol. The summed E-state index contributed by atoms with van der Waals surface area (Å²) in [6, 6.07) is 0. The number of rotatable bonds is 7. The molecule has 0 saturated heterocycles. The SMILES string of the molecule is CC(CN)C(=O)N(CCC1CCCCC1)CC(N)=O.Cl. The molecule has 1 saturated carbocycles. The molecule has 1 aliphatic rings. The van der Waals surface area contributed by atoms with Crippen molar-refractivity contribution in [3.05, 3.63) is 0 Å². The second-order valence-corrected chi connectivity index (χ2v) is 5.66. The zero-order valence-electron chi connectivity index (χ0n) is 12.3. The van der Waals surface area contributed by atoms with Gasteiger partial charge in [0.05, 0.1) is 6.54 Å². The lowest BCUT2D eigenvalue weighted by molar-refractivity contribution is -0.138. The lowest BCUT2D eigenvalue weighted by atomic mass is 9.87. The van der Waals surface area contributed by atoms with Crippen LogP contribution in [0.4, 0.5) is 0 Å². The Morgan fingerprint density at radius 2 is 1.85 bits per heavy atom. The maximum absolute atomic E-state index is 12.1. The van der Waals surface area contributed by atoms with Crippen LogP contribution in [0.2, 0.25) is 0 Å². The molecule has 1 fully saturated rings. The fourth-order valence-electron chi connectivity index (χ4n) is 2.68. The summed E-state index contributed by atoms with van der Waals surface area (Å²) in [5.74, 6) is -0.0749. The van der Waals surface area contributed by atoms with Gasteiger partial charge in [-0.3, -0.25) is 9.59 Å². The summed E-state index contributed by atoms with van der Waals surface area (Å²) in [6.45, 7) is 2.72. The van der Waals surface area contributed by atoms with Gasteiger partial charge in [-0.25, -0.2) is 0 Å². The van der Waals surface area contributed by atoms with Gasteiger partial charge >= 0.3 is 0 Å². The molecule has 1 rings (SSSR count). The Bertz CT molecular complexity index is 307. The Hall–Kier alpha value is -0.810. The van der Waals surface area contributed by atoms with Gasteiger partial charge in [0.25, 0.3) is 0 Å². The van der Waals surface area contributed by atoms with Crippen LogP contribution in [-0.4, -0.2) is 36.3 Å². The molecule has 0 aliphatic heterocycles. The number of hydrogen-bond acceptors (Lipinski definition) is 3. The number of carbonyl (C=O) groups is 2. The molecule has 0 heterocycles. The van der Waals surface area contributed by atoms with Gasteiger partial charge in [-0.05, 0) is 12.3 Å². The van der Waals surface area contributed by atoms with Crippen LogP contribution in [0.25, 0.3) is 0 Å². The molecule has 118 valence electrons. The standard InChI is InChI=1S/C14H27N3O2.ClH/c1-11(9-15)14(19)17(10-13(16)18)8-7-12-5-3-2-4-6-12;/h11-12H,2-10,15H2,1H3,(H2,16,18);1H. The molecule has 20 heavy (non-hydrogen) atoms. The Kier molecular flexibility index (Phi) is 9.59. The summed E-state index contributed by atoms with van der Waals surface area (Å²) in [6.07, 6.45) is 7.35.